The standard InChI is InChI=1S/C11H19N3O2/c1-3-14-5-4-9(7-14)11-12-10(16-13-11)6-8(2)15/h8-9,15H,3-7H2,1-2H3. The minimum atomic E-state index is -0.427. The summed E-state index contributed by atoms with van der Waals surface area (Å²) < 4.78 is 5.12. The van der Waals surface area contributed by atoms with Crippen molar-refractivity contribution in [1.82, 2.24) is 15.0 Å². The van der Waals surface area contributed by atoms with Crippen LogP contribution in [0.5, 0.6) is 0 Å². The maximum atomic E-state index is 9.22. The largest absolute Gasteiger partial charge is 0.393 e. The summed E-state index contributed by atoms with van der Waals surface area (Å²) in [6.07, 6.45) is 1.11. The van der Waals surface area contributed by atoms with Gasteiger partial charge in [-0.3, -0.25) is 0 Å². The van der Waals surface area contributed by atoms with Gasteiger partial charge in [-0.15, -0.1) is 0 Å². The van der Waals surface area contributed by atoms with E-state index >= 15 is 0 Å². The summed E-state index contributed by atoms with van der Waals surface area (Å²) in [6, 6.07) is 0. The van der Waals surface area contributed by atoms with Crippen molar-refractivity contribution in [1.29, 1.82) is 0 Å². The van der Waals surface area contributed by atoms with Crippen LogP contribution in [0.1, 0.15) is 37.9 Å². The van der Waals surface area contributed by atoms with Crippen molar-refractivity contribution in [3.05, 3.63) is 11.7 Å². The Labute approximate surface area is 95.4 Å². The Morgan fingerprint density at radius 2 is 2.44 bits per heavy atom. The first kappa shape index (κ1) is 11.5. The van der Waals surface area contributed by atoms with Crippen LogP contribution in [0.4, 0.5) is 0 Å². The highest BCUT2D eigenvalue weighted by atomic mass is 16.5. The summed E-state index contributed by atoms with van der Waals surface area (Å²) in [7, 11) is 0. The molecule has 1 aliphatic heterocycles. The zero-order valence-electron chi connectivity index (χ0n) is 9.89. The monoisotopic (exact) mass is 225 g/mol. The quantitative estimate of drug-likeness (QED) is 0.821. The fourth-order valence-corrected chi connectivity index (χ4v) is 2.10. The van der Waals surface area contributed by atoms with Crippen LogP contribution in [0.25, 0.3) is 0 Å². The van der Waals surface area contributed by atoms with Gasteiger partial charge in [-0.25, -0.2) is 0 Å². The van der Waals surface area contributed by atoms with E-state index in [-0.39, 0.29) is 0 Å². The van der Waals surface area contributed by atoms with Crippen LogP contribution in [0.2, 0.25) is 0 Å². The Kier molecular flexibility index (Phi) is 3.56. The van der Waals surface area contributed by atoms with E-state index in [0.717, 1.165) is 31.9 Å². The summed E-state index contributed by atoms with van der Waals surface area (Å²) in [5.74, 6) is 1.73. The van der Waals surface area contributed by atoms with E-state index in [1.165, 1.54) is 0 Å². The van der Waals surface area contributed by atoms with Crippen LogP contribution in [-0.2, 0) is 6.42 Å². The molecule has 0 bridgehead atoms. The molecular weight excluding hydrogens is 206 g/mol. The molecule has 2 rings (SSSR count). The molecule has 90 valence electrons. The van der Waals surface area contributed by atoms with Crippen LogP contribution in [0.15, 0.2) is 4.52 Å². The maximum absolute atomic E-state index is 9.22. The second kappa shape index (κ2) is 4.93. The highest BCUT2D eigenvalue weighted by Gasteiger charge is 2.26. The Morgan fingerprint density at radius 3 is 3.06 bits per heavy atom. The minimum absolute atomic E-state index is 0.395. The van der Waals surface area contributed by atoms with Crippen LogP contribution >= 0.6 is 0 Å². The van der Waals surface area contributed by atoms with E-state index < -0.39 is 6.10 Å². The van der Waals surface area contributed by atoms with Gasteiger partial charge in [-0.2, -0.15) is 4.98 Å². The Bertz CT molecular complexity index is 338. The smallest absolute Gasteiger partial charge is 0.229 e. The first-order valence-electron chi connectivity index (χ1n) is 5.92. The molecular formula is C11H19N3O2. The molecule has 2 heterocycles. The molecule has 1 saturated heterocycles. The van der Waals surface area contributed by atoms with Gasteiger partial charge < -0.3 is 14.5 Å². The second-order valence-corrected chi connectivity index (χ2v) is 4.48. The van der Waals surface area contributed by atoms with Crippen molar-refractivity contribution < 1.29 is 9.63 Å². The molecule has 1 aromatic heterocycles. The van der Waals surface area contributed by atoms with Crippen LogP contribution in [0.3, 0.4) is 0 Å². The SMILES string of the molecule is CCN1CCC(c2noc(CC(C)O)n2)C1. The molecule has 2 atom stereocenters. The van der Waals surface area contributed by atoms with Crippen molar-refractivity contribution in [3.8, 4) is 0 Å². The number of hydrogen-bond donors (Lipinski definition) is 1. The van der Waals surface area contributed by atoms with Gasteiger partial charge >= 0.3 is 0 Å². The third-order valence-electron chi connectivity index (χ3n) is 3.04. The third-order valence-corrected chi connectivity index (χ3v) is 3.04. The topological polar surface area (TPSA) is 62.4 Å². The molecule has 0 radical (unpaired) electrons. The summed E-state index contributed by atoms with van der Waals surface area (Å²) >= 11 is 0. The lowest BCUT2D eigenvalue weighted by Gasteiger charge is -2.10. The van der Waals surface area contributed by atoms with E-state index in [1.54, 1.807) is 6.92 Å². The summed E-state index contributed by atoms with van der Waals surface area (Å²) in [5, 5.41) is 13.2. The molecule has 0 aromatic carbocycles. The zero-order chi connectivity index (χ0) is 11.5. The zero-order valence-corrected chi connectivity index (χ0v) is 9.89. The molecule has 0 aliphatic carbocycles. The third kappa shape index (κ3) is 2.59. The normalized spacial score (nSPS) is 23.8. The molecule has 0 saturated carbocycles. The number of rotatable bonds is 4. The number of aromatic nitrogens is 2. The van der Waals surface area contributed by atoms with Crippen molar-refractivity contribution in [2.24, 2.45) is 0 Å². The number of likely N-dealkylation sites (tertiary alicyclic amines) is 1. The van der Waals surface area contributed by atoms with E-state index in [2.05, 4.69) is 22.0 Å². The molecule has 2 unspecified atom stereocenters. The molecule has 1 aromatic rings. The summed E-state index contributed by atoms with van der Waals surface area (Å²) in [5.41, 5.74) is 0. The minimum Gasteiger partial charge on any atom is -0.393 e. The lowest BCUT2D eigenvalue weighted by atomic mass is 10.1. The van der Waals surface area contributed by atoms with Gasteiger partial charge in [0, 0.05) is 12.5 Å². The lowest BCUT2D eigenvalue weighted by molar-refractivity contribution is 0.181. The van der Waals surface area contributed by atoms with Gasteiger partial charge in [0.1, 0.15) is 0 Å². The van der Waals surface area contributed by atoms with Gasteiger partial charge in [0.15, 0.2) is 5.82 Å². The highest BCUT2D eigenvalue weighted by Crippen LogP contribution is 2.24. The maximum Gasteiger partial charge on any atom is 0.229 e. The summed E-state index contributed by atoms with van der Waals surface area (Å²) in [4.78, 5) is 6.72. The van der Waals surface area contributed by atoms with Crippen LogP contribution < -0.4 is 0 Å². The number of nitrogens with zero attached hydrogens (tertiary/aromatic N) is 3. The fraction of sp³-hybridized carbons (Fsp3) is 0.818. The van der Waals surface area contributed by atoms with Crippen molar-refractivity contribution in [2.45, 2.75) is 38.7 Å². The Morgan fingerprint density at radius 1 is 1.62 bits per heavy atom. The Balaban J connectivity index is 1.97. The molecule has 1 fully saturated rings. The number of aliphatic hydroxyl groups excluding tert-OH is 1. The predicted octanol–water partition coefficient (Wildman–Crippen LogP) is 0.802. The first-order valence-corrected chi connectivity index (χ1v) is 5.92. The molecule has 1 aliphatic rings. The first-order chi connectivity index (χ1) is 7.69. The fourth-order valence-electron chi connectivity index (χ4n) is 2.10. The molecule has 0 spiro atoms. The van der Waals surface area contributed by atoms with Gasteiger partial charge in [-0.05, 0) is 26.4 Å². The van der Waals surface area contributed by atoms with Crippen LogP contribution in [0, 0.1) is 0 Å². The molecule has 0 amide bonds. The lowest BCUT2D eigenvalue weighted by Crippen LogP contribution is -2.19. The molecule has 16 heavy (non-hydrogen) atoms. The Hall–Kier alpha value is -0.940. The number of likely N-dealkylation sites (N-methyl/N-ethyl adjacent to an activating group) is 1. The van der Waals surface area contributed by atoms with Crippen molar-refractivity contribution >= 4 is 0 Å². The van der Waals surface area contributed by atoms with E-state index in [4.69, 9.17) is 4.52 Å². The predicted molar refractivity (Wildman–Crippen MR) is 59.2 cm³/mol. The van der Waals surface area contributed by atoms with Crippen LogP contribution in [-0.4, -0.2) is 45.9 Å². The number of hydrogen-bond acceptors (Lipinski definition) is 5. The average Bonchev–Trinajstić information content (AvgIpc) is 2.83. The van der Waals surface area contributed by atoms with E-state index in [0.29, 0.717) is 18.2 Å². The van der Waals surface area contributed by atoms with Gasteiger partial charge in [0.25, 0.3) is 0 Å². The van der Waals surface area contributed by atoms with Gasteiger partial charge in [0.05, 0.1) is 12.5 Å². The molecule has 5 nitrogen and oxygen atoms in total. The summed E-state index contributed by atoms with van der Waals surface area (Å²) in [6.45, 7) is 7.09. The van der Waals surface area contributed by atoms with E-state index in [9.17, 15) is 5.11 Å². The molecule has 1 N–H and O–H groups in total. The second-order valence-electron chi connectivity index (χ2n) is 4.48. The highest BCUT2D eigenvalue weighted by molar-refractivity contribution is 5.00. The average molecular weight is 225 g/mol. The van der Waals surface area contributed by atoms with E-state index in [1.807, 2.05) is 0 Å². The van der Waals surface area contributed by atoms with Gasteiger partial charge in [-0.1, -0.05) is 12.1 Å². The molecule has 5 heteroatoms. The van der Waals surface area contributed by atoms with Crippen molar-refractivity contribution in [3.63, 3.8) is 0 Å². The van der Waals surface area contributed by atoms with Gasteiger partial charge in [0.2, 0.25) is 5.89 Å². The number of aliphatic hydroxyl groups is 1. The van der Waals surface area contributed by atoms with Crippen molar-refractivity contribution in [2.75, 3.05) is 19.6 Å².